The molecule has 1 fully saturated rings. The van der Waals surface area contributed by atoms with Gasteiger partial charge in [-0.3, -0.25) is 4.98 Å². The molecule has 1 saturated carbocycles. The van der Waals surface area contributed by atoms with Gasteiger partial charge in [0.2, 0.25) is 0 Å². The zero-order valence-corrected chi connectivity index (χ0v) is 9.97. The van der Waals surface area contributed by atoms with Crippen LogP contribution < -0.4 is 5.32 Å². The first-order valence-corrected chi connectivity index (χ1v) is 6.26. The van der Waals surface area contributed by atoms with Gasteiger partial charge < -0.3 is 15.5 Å². The second-order valence-electron chi connectivity index (χ2n) is 4.81. The van der Waals surface area contributed by atoms with E-state index in [9.17, 15) is 5.11 Å². The fourth-order valence-electron chi connectivity index (χ4n) is 2.27. The zero-order valence-electron chi connectivity index (χ0n) is 9.97. The number of hydrogen-bond donors (Lipinski definition) is 3. The average molecular weight is 236 g/mol. The van der Waals surface area contributed by atoms with Crippen LogP contribution in [-0.4, -0.2) is 27.8 Å². The lowest BCUT2D eigenvalue weighted by molar-refractivity contribution is 0.108. The van der Waals surface area contributed by atoms with E-state index in [2.05, 4.69) is 10.3 Å². The Morgan fingerprint density at radius 1 is 1.24 bits per heavy atom. The average Bonchev–Trinajstić information content (AvgIpc) is 2.34. The first-order chi connectivity index (χ1) is 8.24. The predicted octanol–water partition coefficient (Wildman–Crippen LogP) is 1.43. The quantitative estimate of drug-likeness (QED) is 0.740. The molecule has 1 aromatic rings. The van der Waals surface area contributed by atoms with E-state index in [4.69, 9.17) is 5.11 Å². The van der Waals surface area contributed by atoms with Crippen molar-refractivity contribution < 1.29 is 10.2 Å². The lowest BCUT2D eigenvalue weighted by Crippen LogP contribution is -2.27. The van der Waals surface area contributed by atoms with Gasteiger partial charge in [0.05, 0.1) is 18.0 Å². The molecule has 0 atom stereocenters. The fourth-order valence-corrected chi connectivity index (χ4v) is 2.27. The molecular weight excluding hydrogens is 216 g/mol. The molecule has 4 nitrogen and oxygen atoms in total. The highest BCUT2D eigenvalue weighted by Gasteiger charge is 2.18. The number of aromatic nitrogens is 1. The van der Waals surface area contributed by atoms with Gasteiger partial charge in [-0.2, -0.15) is 0 Å². The van der Waals surface area contributed by atoms with E-state index in [1.807, 2.05) is 6.07 Å². The van der Waals surface area contributed by atoms with Crippen molar-refractivity contribution in [3.63, 3.8) is 0 Å². The molecule has 4 heteroatoms. The van der Waals surface area contributed by atoms with Crippen molar-refractivity contribution in [1.82, 2.24) is 10.3 Å². The van der Waals surface area contributed by atoms with Crippen LogP contribution in [0.15, 0.2) is 18.3 Å². The number of aliphatic hydroxyl groups is 1. The number of hydrogen-bond acceptors (Lipinski definition) is 4. The topological polar surface area (TPSA) is 65.4 Å². The predicted molar refractivity (Wildman–Crippen MR) is 65.6 cm³/mol. The van der Waals surface area contributed by atoms with Gasteiger partial charge in [0.1, 0.15) is 5.75 Å². The summed E-state index contributed by atoms with van der Waals surface area (Å²) in [5, 5.41) is 21.9. The van der Waals surface area contributed by atoms with Crippen LogP contribution in [0.2, 0.25) is 0 Å². The monoisotopic (exact) mass is 236 g/mol. The molecular formula is C13H20N2O2. The maximum Gasteiger partial charge on any atom is 0.133 e. The van der Waals surface area contributed by atoms with E-state index >= 15 is 0 Å². The van der Waals surface area contributed by atoms with E-state index in [0.29, 0.717) is 5.92 Å². The molecule has 1 aliphatic carbocycles. The third-order valence-corrected chi connectivity index (χ3v) is 3.36. The van der Waals surface area contributed by atoms with Gasteiger partial charge >= 0.3 is 0 Å². The van der Waals surface area contributed by atoms with Crippen LogP contribution >= 0.6 is 0 Å². The SMILES string of the molecule is Oc1ccc(CNCC2CCC(O)CC2)nc1. The van der Waals surface area contributed by atoms with Gasteiger partial charge in [0.15, 0.2) is 0 Å². The van der Waals surface area contributed by atoms with Crippen LogP contribution in [0.4, 0.5) is 0 Å². The summed E-state index contributed by atoms with van der Waals surface area (Å²) in [4.78, 5) is 4.12. The van der Waals surface area contributed by atoms with Crippen LogP contribution in [-0.2, 0) is 6.54 Å². The van der Waals surface area contributed by atoms with Gasteiger partial charge in [0.25, 0.3) is 0 Å². The smallest absolute Gasteiger partial charge is 0.133 e. The van der Waals surface area contributed by atoms with Crippen molar-refractivity contribution in [1.29, 1.82) is 0 Å². The Morgan fingerprint density at radius 3 is 2.65 bits per heavy atom. The van der Waals surface area contributed by atoms with E-state index in [0.717, 1.165) is 44.5 Å². The summed E-state index contributed by atoms with van der Waals surface area (Å²) in [5.74, 6) is 0.880. The van der Waals surface area contributed by atoms with Crippen LogP contribution in [0.5, 0.6) is 5.75 Å². The largest absolute Gasteiger partial charge is 0.506 e. The second-order valence-corrected chi connectivity index (χ2v) is 4.81. The Morgan fingerprint density at radius 2 is 2.00 bits per heavy atom. The summed E-state index contributed by atoms with van der Waals surface area (Å²) in [6.07, 6.45) is 5.47. The van der Waals surface area contributed by atoms with Crippen LogP contribution in [0, 0.1) is 5.92 Å². The molecule has 3 N–H and O–H groups in total. The van der Waals surface area contributed by atoms with Crippen molar-refractivity contribution in [3.8, 4) is 5.75 Å². The molecule has 17 heavy (non-hydrogen) atoms. The number of nitrogens with zero attached hydrogens (tertiary/aromatic N) is 1. The maximum atomic E-state index is 9.40. The third kappa shape index (κ3) is 3.98. The molecule has 0 bridgehead atoms. The molecule has 0 aliphatic heterocycles. The minimum Gasteiger partial charge on any atom is -0.506 e. The Hall–Kier alpha value is -1.13. The minimum atomic E-state index is -0.0787. The molecule has 1 aromatic heterocycles. The van der Waals surface area contributed by atoms with E-state index in [1.165, 1.54) is 6.20 Å². The minimum absolute atomic E-state index is 0.0787. The first-order valence-electron chi connectivity index (χ1n) is 6.26. The standard InChI is InChI=1S/C13H20N2O2/c16-12-4-1-10(2-5-12)7-14-8-11-3-6-13(17)9-15-11/h3,6,9-10,12,14,16-17H,1-2,4-5,7-8H2. The Balaban J connectivity index is 1.67. The van der Waals surface area contributed by atoms with Gasteiger partial charge in [-0.15, -0.1) is 0 Å². The highest BCUT2D eigenvalue weighted by Crippen LogP contribution is 2.23. The van der Waals surface area contributed by atoms with E-state index < -0.39 is 0 Å². The highest BCUT2D eigenvalue weighted by atomic mass is 16.3. The number of aliphatic hydroxyl groups excluding tert-OH is 1. The van der Waals surface area contributed by atoms with Crippen molar-refractivity contribution in [3.05, 3.63) is 24.0 Å². The van der Waals surface area contributed by atoms with Crippen LogP contribution in [0.25, 0.3) is 0 Å². The lowest BCUT2D eigenvalue weighted by Gasteiger charge is -2.25. The molecule has 0 unspecified atom stereocenters. The summed E-state index contributed by atoms with van der Waals surface area (Å²) in [6, 6.07) is 3.48. The normalized spacial score (nSPS) is 24.8. The molecule has 0 aromatic carbocycles. The summed E-state index contributed by atoms with van der Waals surface area (Å²) in [5.41, 5.74) is 0.943. The van der Waals surface area contributed by atoms with Gasteiger partial charge in [-0.1, -0.05) is 0 Å². The molecule has 0 radical (unpaired) electrons. The second kappa shape index (κ2) is 5.98. The van der Waals surface area contributed by atoms with E-state index in [1.54, 1.807) is 6.07 Å². The highest BCUT2D eigenvalue weighted by molar-refractivity contribution is 5.17. The molecule has 2 rings (SSSR count). The van der Waals surface area contributed by atoms with Crippen molar-refractivity contribution in [2.45, 2.75) is 38.3 Å². The molecule has 0 spiro atoms. The number of aromatic hydroxyl groups is 1. The maximum absolute atomic E-state index is 9.40. The third-order valence-electron chi connectivity index (χ3n) is 3.36. The molecule has 94 valence electrons. The van der Waals surface area contributed by atoms with Crippen molar-refractivity contribution in [2.75, 3.05) is 6.54 Å². The zero-order chi connectivity index (χ0) is 12.1. The molecule has 1 aliphatic rings. The van der Waals surface area contributed by atoms with Gasteiger partial charge in [-0.05, 0) is 50.3 Å². The molecule has 1 heterocycles. The van der Waals surface area contributed by atoms with Crippen LogP contribution in [0.3, 0.4) is 0 Å². The summed E-state index contributed by atoms with van der Waals surface area (Å²) >= 11 is 0. The summed E-state index contributed by atoms with van der Waals surface area (Å²) < 4.78 is 0. The summed E-state index contributed by atoms with van der Waals surface area (Å²) in [6.45, 7) is 1.72. The van der Waals surface area contributed by atoms with Gasteiger partial charge in [0, 0.05) is 6.54 Å². The van der Waals surface area contributed by atoms with Crippen molar-refractivity contribution in [2.24, 2.45) is 5.92 Å². The fraction of sp³-hybridized carbons (Fsp3) is 0.615. The van der Waals surface area contributed by atoms with E-state index in [-0.39, 0.29) is 11.9 Å². The van der Waals surface area contributed by atoms with Gasteiger partial charge in [-0.25, -0.2) is 0 Å². The van der Waals surface area contributed by atoms with Crippen LogP contribution in [0.1, 0.15) is 31.4 Å². The molecule has 0 saturated heterocycles. The van der Waals surface area contributed by atoms with Crippen molar-refractivity contribution >= 4 is 0 Å². The molecule has 0 amide bonds. The number of pyridine rings is 1. The number of nitrogens with one attached hydrogen (secondary N) is 1. The Bertz CT molecular complexity index is 332. The Kier molecular flexibility index (Phi) is 4.34. The number of rotatable bonds is 4. The Labute approximate surface area is 102 Å². The summed E-state index contributed by atoms with van der Waals surface area (Å²) in [7, 11) is 0. The first kappa shape index (κ1) is 12.3. The lowest BCUT2D eigenvalue weighted by atomic mass is 9.87.